The lowest BCUT2D eigenvalue weighted by molar-refractivity contribution is -0.123. The molecular formula is C28H24BrClN2O6S. The summed E-state index contributed by atoms with van der Waals surface area (Å²) in [6.45, 7) is 1.91. The van der Waals surface area contributed by atoms with Gasteiger partial charge in [-0.05, 0) is 88.2 Å². The Morgan fingerprint density at radius 1 is 1.05 bits per heavy atom. The molecule has 0 atom stereocenters. The smallest absolute Gasteiger partial charge is 0.293 e. The second-order valence-corrected chi connectivity index (χ2v) is 10.6. The van der Waals surface area contributed by atoms with Crippen LogP contribution in [0.4, 0.5) is 10.5 Å². The zero-order valence-corrected chi connectivity index (χ0v) is 24.2. The fourth-order valence-electron chi connectivity index (χ4n) is 3.56. The monoisotopic (exact) mass is 630 g/mol. The lowest BCUT2D eigenvalue weighted by atomic mass is 10.2. The molecule has 202 valence electrons. The summed E-state index contributed by atoms with van der Waals surface area (Å²) < 4.78 is 17.2. The number of rotatable bonds is 10. The number of aryl methyl sites for hydroxylation is 1. The third-order valence-corrected chi connectivity index (χ3v) is 7.52. The molecule has 1 heterocycles. The van der Waals surface area contributed by atoms with Crippen LogP contribution in [-0.2, 0) is 9.59 Å². The first kappa shape index (κ1) is 28.5. The molecule has 0 unspecified atom stereocenters. The van der Waals surface area contributed by atoms with Crippen molar-refractivity contribution in [2.75, 3.05) is 32.2 Å². The highest BCUT2D eigenvalue weighted by atomic mass is 79.9. The molecule has 1 N–H and O–H groups in total. The van der Waals surface area contributed by atoms with E-state index in [1.54, 1.807) is 55.7 Å². The van der Waals surface area contributed by atoms with Gasteiger partial charge in [-0.25, -0.2) is 0 Å². The van der Waals surface area contributed by atoms with Crippen molar-refractivity contribution >= 4 is 68.1 Å². The van der Waals surface area contributed by atoms with Gasteiger partial charge in [0.15, 0.2) is 18.1 Å². The Bertz CT molecular complexity index is 1450. The van der Waals surface area contributed by atoms with Crippen molar-refractivity contribution < 1.29 is 28.6 Å². The van der Waals surface area contributed by atoms with Gasteiger partial charge in [0, 0.05) is 10.7 Å². The maximum absolute atomic E-state index is 12.9. The van der Waals surface area contributed by atoms with Crippen molar-refractivity contribution in [1.82, 2.24) is 4.90 Å². The summed E-state index contributed by atoms with van der Waals surface area (Å²) in [6, 6.07) is 17.6. The maximum atomic E-state index is 12.9. The van der Waals surface area contributed by atoms with Crippen LogP contribution in [0.5, 0.6) is 17.2 Å². The van der Waals surface area contributed by atoms with Gasteiger partial charge in [0.05, 0.1) is 23.0 Å². The molecule has 0 saturated carbocycles. The average molecular weight is 632 g/mol. The van der Waals surface area contributed by atoms with E-state index in [2.05, 4.69) is 21.2 Å². The van der Waals surface area contributed by atoms with Crippen molar-refractivity contribution in [3.8, 4) is 17.2 Å². The number of nitrogens with one attached hydrogen (secondary N) is 1. The Morgan fingerprint density at radius 3 is 2.54 bits per heavy atom. The lowest BCUT2D eigenvalue weighted by Crippen LogP contribution is -2.32. The number of ether oxygens (including phenoxy) is 3. The van der Waals surface area contributed by atoms with E-state index in [-0.39, 0.29) is 30.9 Å². The van der Waals surface area contributed by atoms with Crippen LogP contribution in [0, 0.1) is 6.92 Å². The van der Waals surface area contributed by atoms with Crippen LogP contribution in [0.1, 0.15) is 11.1 Å². The molecule has 11 heteroatoms. The molecule has 3 aromatic carbocycles. The SMILES string of the molecule is COc1ccccc1OCCN1C(=O)S/C(=C\c2ccc(OCC(=O)Nc3ccc(C)c(Cl)c3)c(Br)c2)C1=O. The number of halogens is 2. The molecule has 0 bridgehead atoms. The molecule has 1 aliphatic rings. The minimum absolute atomic E-state index is 0.105. The number of para-hydroxylation sites is 2. The summed E-state index contributed by atoms with van der Waals surface area (Å²) in [5.41, 5.74) is 2.18. The molecule has 4 rings (SSSR count). The molecule has 1 aliphatic heterocycles. The van der Waals surface area contributed by atoms with Crippen molar-refractivity contribution in [1.29, 1.82) is 0 Å². The fourth-order valence-corrected chi connectivity index (χ4v) is 5.12. The fraction of sp³-hybridized carbons (Fsp3) is 0.179. The third kappa shape index (κ3) is 7.35. The number of carbonyl (C=O) groups is 3. The Morgan fingerprint density at radius 2 is 1.82 bits per heavy atom. The second-order valence-electron chi connectivity index (χ2n) is 8.32. The van der Waals surface area contributed by atoms with E-state index in [0.717, 1.165) is 22.2 Å². The van der Waals surface area contributed by atoms with Crippen molar-refractivity contribution in [3.63, 3.8) is 0 Å². The molecule has 1 fully saturated rings. The molecule has 0 radical (unpaired) electrons. The van der Waals surface area contributed by atoms with Gasteiger partial charge in [-0.2, -0.15) is 0 Å². The first-order valence-corrected chi connectivity index (χ1v) is 13.7. The van der Waals surface area contributed by atoms with Crippen LogP contribution in [0.15, 0.2) is 70.0 Å². The van der Waals surface area contributed by atoms with Crippen LogP contribution >= 0.6 is 39.3 Å². The summed E-state index contributed by atoms with van der Waals surface area (Å²) in [4.78, 5) is 39.0. The van der Waals surface area contributed by atoms with Gasteiger partial charge in [0.2, 0.25) is 0 Å². The molecule has 0 aromatic heterocycles. The number of carbonyl (C=O) groups excluding carboxylic acids is 3. The maximum Gasteiger partial charge on any atom is 0.293 e. The van der Waals surface area contributed by atoms with E-state index in [0.29, 0.717) is 42.9 Å². The normalized spacial score (nSPS) is 14.1. The highest BCUT2D eigenvalue weighted by Gasteiger charge is 2.34. The van der Waals surface area contributed by atoms with Crippen molar-refractivity contribution in [2.24, 2.45) is 0 Å². The Balaban J connectivity index is 1.32. The van der Waals surface area contributed by atoms with Crippen molar-refractivity contribution in [2.45, 2.75) is 6.92 Å². The predicted octanol–water partition coefficient (Wildman–Crippen LogP) is 6.55. The Labute approximate surface area is 243 Å². The average Bonchev–Trinajstić information content (AvgIpc) is 3.18. The van der Waals surface area contributed by atoms with Gasteiger partial charge in [-0.3, -0.25) is 19.3 Å². The van der Waals surface area contributed by atoms with Gasteiger partial charge < -0.3 is 19.5 Å². The summed E-state index contributed by atoms with van der Waals surface area (Å²) in [5.74, 6) is 0.825. The molecule has 3 amide bonds. The topological polar surface area (TPSA) is 94.2 Å². The summed E-state index contributed by atoms with van der Waals surface area (Å²) >= 11 is 10.4. The van der Waals surface area contributed by atoms with E-state index in [4.69, 9.17) is 25.8 Å². The number of imide groups is 1. The zero-order chi connectivity index (χ0) is 27.9. The highest BCUT2D eigenvalue weighted by molar-refractivity contribution is 9.10. The molecule has 39 heavy (non-hydrogen) atoms. The van der Waals surface area contributed by atoms with Gasteiger partial charge >= 0.3 is 0 Å². The first-order chi connectivity index (χ1) is 18.7. The van der Waals surface area contributed by atoms with Crippen molar-refractivity contribution in [3.05, 3.63) is 86.2 Å². The minimum atomic E-state index is -0.391. The van der Waals surface area contributed by atoms with Crippen LogP contribution in [0.2, 0.25) is 5.02 Å². The Kier molecular flexibility index (Phi) is 9.55. The Hall–Kier alpha value is -3.47. The highest BCUT2D eigenvalue weighted by Crippen LogP contribution is 2.34. The molecule has 3 aromatic rings. The minimum Gasteiger partial charge on any atom is -0.493 e. The largest absolute Gasteiger partial charge is 0.493 e. The summed E-state index contributed by atoms with van der Waals surface area (Å²) in [5, 5.41) is 2.93. The van der Waals surface area contributed by atoms with E-state index in [1.807, 2.05) is 25.1 Å². The third-order valence-electron chi connectivity index (χ3n) is 5.58. The number of methoxy groups -OCH3 is 1. The standard InChI is InChI=1S/C28H24BrClN2O6S/c1-17-7-9-19(15-21(17)30)31-26(33)16-38-22-10-8-18(13-20(22)29)14-25-27(34)32(28(35)39-25)11-12-37-24-6-4-3-5-23(24)36-2/h3-10,13-15H,11-12,16H2,1-2H3,(H,31,33)/b25-14-. The molecule has 0 spiro atoms. The molecule has 1 saturated heterocycles. The van der Waals surface area contributed by atoms with E-state index in [9.17, 15) is 14.4 Å². The van der Waals surface area contributed by atoms with E-state index >= 15 is 0 Å². The van der Waals surface area contributed by atoms with Crippen LogP contribution in [0.3, 0.4) is 0 Å². The lowest BCUT2D eigenvalue weighted by Gasteiger charge is -2.14. The van der Waals surface area contributed by atoms with E-state index in [1.165, 1.54) is 0 Å². The van der Waals surface area contributed by atoms with Crippen LogP contribution < -0.4 is 19.5 Å². The van der Waals surface area contributed by atoms with Gasteiger partial charge in [-0.1, -0.05) is 35.9 Å². The number of hydrogen-bond donors (Lipinski definition) is 1. The van der Waals surface area contributed by atoms with Crippen LogP contribution in [-0.4, -0.2) is 48.8 Å². The van der Waals surface area contributed by atoms with Gasteiger partial charge in [0.25, 0.3) is 17.1 Å². The van der Waals surface area contributed by atoms with Gasteiger partial charge in [-0.15, -0.1) is 0 Å². The molecule has 0 aliphatic carbocycles. The quantitative estimate of drug-likeness (QED) is 0.254. The first-order valence-electron chi connectivity index (χ1n) is 11.7. The molecule has 8 nitrogen and oxygen atoms in total. The number of benzene rings is 3. The molecular weight excluding hydrogens is 608 g/mol. The summed E-state index contributed by atoms with van der Waals surface area (Å²) in [7, 11) is 1.54. The van der Waals surface area contributed by atoms with Crippen LogP contribution in [0.25, 0.3) is 6.08 Å². The number of thioether (sulfide) groups is 1. The number of amides is 3. The van der Waals surface area contributed by atoms with Gasteiger partial charge in [0.1, 0.15) is 12.4 Å². The van der Waals surface area contributed by atoms with E-state index < -0.39 is 5.91 Å². The number of anilines is 1. The number of hydrogen-bond acceptors (Lipinski definition) is 7. The predicted molar refractivity (Wildman–Crippen MR) is 156 cm³/mol. The second kappa shape index (κ2) is 13.1. The number of nitrogens with zero attached hydrogens (tertiary/aromatic N) is 1. The summed E-state index contributed by atoms with van der Waals surface area (Å²) in [6.07, 6.45) is 1.63. The zero-order valence-electron chi connectivity index (χ0n) is 21.0.